The van der Waals surface area contributed by atoms with E-state index in [1.165, 1.54) is 18.2 Å². The van der Waals surface area contributed by atoms with Crippen LogP contribution in [-0.2, 0) is 35.5 Å². The largest absolute Gasteiger partial charge is 0.478 e. The van der Waals surface area contributed by atoms with Gasteiger partial charge in [0.05, 0.1) is 23.6 Å². The lowest BCUT2D eigenvalue weighted by Gasteiger charge is -2.34. The number of aromatic nitrogens is 3. The number of hydrogen-bond acceptors (Lipinski definition) is 6. The first-order chi connectivity index (χ1) is 20.2. The van der Waals surface area contributed by atoms with Gasteiger partial charge in [0.1, 0.15) is 5.52 Å². The lowest BCUT2D eigenvalue weighted by atomic mass is 9.69. The van der Waals surface area contributed by atoms with Crippen molar-refractivity contribution in [3.8, 4) is 0 Å². The molecule has 1 aromatic heterocycles. The molecule has 1 atom stereocenters. The van der Waals surface area contributed by atoms with Gasteiger partial charge in [0.15, 0.2) is 0 Å². The second-order valence-corrected chi connectivity index (χ2v) is 11.9. The Morgan fingerprint density at radius 2 is 1.81 bits per heavy atom. The van der Waals surface area contributed by atoms with Crippen molar-refractivity contribution in [2.24, 2.45) is 5.41 Å². The molecule has 8 nitrogen and oxygen atoms in total. The van der Waals surface area contributed by atoms with Gasteiger partial charge in [-0.25, -0.2) is 9.48 Å². The number of unbranched alkanes of at least 4 members (excludes halogenated alkanes) is 2. The Morgan fingerprint density at radius 1 is 1.05 bits per heavy atom. The fraction of sp³-hybridized carbons (Fsp3) is 0.412. The van der Waals surface area contributed by atoms with E-state index < -0.39 is 11.4 Å². The zero-order chi connectivity index (χ0) is 29.9. The van der Waals surface area contributed by atoms with E-state index in [1.807, 2.05) is 30.7 Å². The highest BCUT2D eigenvalue weighted by Gasteiger charge is 2.41. The van der Waals surface area contributed by atoms with Crippen LogP contribution in [0.3, 0.4) is 0 Å². The third-order valence-corrected chi connectivity index (χ3v) is 8.71. The second kappa shape index (κ2) is 13.7. The second-order valence-electron chi connectivity index (χ2n) is 11.9. The molecule has 43 heavy (non-hydrogen) atoms. The molecule has 0 radical (unpaired) electrons. The van der Waals surface area contributed by atoms with Crippen LogP contribution in [0.5, 0.6) is 0 Å². The van der Waals surface area contributed by atoms with Gasteiger partial charge in [-0.3, -0.25) is 4.79 Å². The molecule has 228 valence electrons. The molecule has 5 rings (SSSR count). The van der Waals surface area contributed by atoms with Gasteiger partial charge >= 0.3 is 11.9 Å². The van der Waals surface area contributed by atoms with Gasteiger partial charge in [-0.05, 0) is 105 Å². The van der Waals surface area contributed by atoms with E-state index in [1.54, 1.807) is 12.1 Å². The van der Waals surface area contributed by atoms with Crippen molar-refractivity contribution in [3.63, 3.8) is 0 Å². The van der Waals surface area contributed by atoms with Crippen LogP contribution < -0.4 is 5.32 Å². The predicted molar refractivity (Wildman–Crippen MR) is 170 cm³/mol. The zero-order valence-electron chi connectivity index (χ0n) is 25.4. The summed E-state index contributed by atoms with van der Waals surface area (Å²) in [5.41, 5.74) is 8.34. The minimum atomic E-state index is -0.900. The number of carbonyl (C=O) groups excluding carboxylic acids is 1. The van der Waals surface area contributed by atoms with E-state index >= 15 is 0 Å². The molecule has 0 aliphatic carbocycles. The third kappa shape index (κ3) is 6.76. The lowest BCUT2D eigenvalue weighted by Crippen LogP contribution is -2.34. The van der Waals surface area contributed by atoms with Crippen LogP contribution in [0.4, 0.5) is 0 Å². The Balaban J connectivity index is 0.00000423. The number of esters is 1. The van der Waals surface area contributed by atoms with Crippen molar-refractivity contribution in [2.75, 3.05) is 13.7 Å². The van der Waals surface area contributed by atoms with Gasteiger partial charge in [0.25, 0.3) is 0 Å². The Labute approximate surface area is 259 Å². The Kier molecular flexibility index (Phi) is 10.2. The highest BCUT2D eigenvalue weighted by Crippen LogP contribution is 2.44. The topological polar surface area (TPSA) is 106 Å². The molecule has 0 spiro atoms. The van der Waals surface area contributed by atoms with Crippen molar-refractivity contribution in [3.05, 3.63) is 93.5 Å². The van der Waals surface area contributed by atoms with Gasteiger partial charge in [-0.2, -0.15) is 0 Å². The van der Waals surface area contributed by atoms with Gasteiger partial charge < -0.3 is 15.2 Å². The maximum Gasteiger partial charge on any atom is 0.335 e. The molecule has 9 heteroatoms. The smallest absolute Gasteiger partial charge is 0.335 e. The number of carbonyl (C=O) groups is 2. The first-order valence-corrected chi connectivity index (χ1v) is 14.8. The van der Waals surface area contributed by atoms with Crippen LogP contribution in [0.2, 0.25) is 0 Å². The maximum absolute atomic E-state index is 13.1. The van der Waals surface area contributed by atoms with Crippen LogP contribution in [0, 0.1) is 12.3 Å². The van der Waals surface area contributed by atoms with Crippen molar-refractivity contribution in [2.45, 2.75) is 71.9 Å². The zero-order valence-corrected chi connectivity index (χ0v) is 26.2. The number of fused-ring (bicyclic) bond motifs is 2. The fourth-order valence-corrected chi connectivity index (χ4v) is 6.29. The average Bonchev–Trinajstić information content (AvgIpc) is 3.41. The normalized spacial score (nSPS) is 13.7. The first-order valence-electron chi connectivity index (χ1n) is 14.8. The third-order valence-electron chi connectivity index (χ3n) is 8.71. The summed E-state index contributed by atoms with van der Waals surface area (Å²) in [5.74, 6) is -1.36. The maximum atomic E-state index is 13.1. The number of aromatic carboxylic acids is 1. The minimum absolute atomic E-state index is 0. The van der Waals surface area contributed by atoms with Gasteiger partial charge in [-0.1, -0.05) is 48.0 Å². The molecular weight excluding hydrogens is 564 g/mol. The van der Waals surface area contributed by atoms with Crippen molar-refractivity contribution in [1.82, 2.24) is 20.3 Å². The first kappa shape index (κ1) is 32.2. The summed E-state index contributed by atoms with van der Waals surface area (Å²) in [6, 6.07) is 18.0. The standard InChI is InChI=1S/C34H40N4O4.ClH/c1-22-28(30(34(2,3)33(41)42-4)26-14-13-24-17-18-35-21-27(24)20-26)15-16-29-31(22)36-37-38(29)19-7-5-6-8-23-9-11-25(12-10-23)32(39)40;/h9-16,20,30,35H,5-8,17-19,21H2,1-4H3,(H,39,40);1H. The average molecular weight is 605 g/mol. The molecule has 2 N–H and O–H groups in total. The summed E-state index contributed by atoms with van der Waals surface area (Å²) in [6.07, 6.45) is 4.93. The number of ether oxygens (including phenoxy) is 1. The Morgan fingerprint density at radius 3 is 2.53 bits per heavy atom. The number of carboxylic acids is 1. The molecule has 1 unspecified atom stereocenters. The van der Waals surface area contributed by atoms with E-state index in [-0.39, 0.29) is 24.3 Å². The number of rotatable bonds is 11. The SMILES string of the molecule is COC(=O)C(C)(C)C(c1ccc2c(c1)CNCC2)c1ccc2c(nnn2CCCCCc2ccc(C(=O)O)cc2)c1C.Cl. The van der Waals surface area contributed by atoms with E-state index in [9.17, 15) is 9.59 Å². The summed E-state index contributed by atoms with van der Waals surface area (Å²) < 4.78 is 7.25. The molecule has 1 aliphatic heterocycles. The summed E-state index contributed by atoms with van der Waals surface area (Å²) in [7, 11) is 1.45. The number of halogens is 1. The lowest BCUT2D eigenvalue weighted by molar-refractivity contribution is -0.151. The van der Waals surface area contributed by atoms with Gasteiger partial charge in [-0.15, -0.1) is 17.5 Å². The molecule has 1 aliphatic rings. The van der Waals surface area contributed by atoms with Crippen LogP contribution in [-0.4, -0.2) is 45.7 Å². The molecule has 4 aromatic rings. The number of benzene rings is 3. The van der Waals surface area contributed by atoms with Crippen LogP contribution in [0.1, 0.15) is 82.8 Å². The molecule has 0 bridgehead atoms. The van der Waals surface area contributed by atoms with E-state index in [0.717, 1.165) is 85.0 Å². The summed E-state index contributed by atoms with van der Waals surface area (Å²) in [4.78, 5) is 24.2. The quantitative estimate of drug-likeness (QED) is 0.154. The number of nitrogens with one attached hydrogen (secondary N) is 1. The summed E-state index contributed by atoms with van der Waals surface area (Å²) >= 11 is 0. The minimum Gasteiger partial charge on any atom is -0.478 e. The highest BCUT2D eigenvalue weighted by molar-refractivity contribution is 5.87. The molecule has 0 amide bonds. The number of carboxylic acid groups (broad SMARTS) is 1. The van der Waals surface area contributed by atoms with Crippen LogP contribution in [0.25, 0.3) is 11.0 Å². The Bertz CT molecular complexity index is 1600. The number of methoxy groups -OCH3 is 1. The van der Waals surface area contributed by atoms with Crippen LogP contribution >= 0.6 is 12.4 Å². The number of nitrogens with zero attached hydrogens (tertiary/aromatic N) is 3. The van der Waals surface area contributed by atoms with Gasteiger partial charge in [0.2, 0.25) is 0 Å². The molecular formula is C34H41ClN4O4. The van der Waals surface area contributed by atoms with Crippen molar-refractivity contribution < 1.29 is 19.4 Å². The van der Waals surface area contributed by atoms with Gasteiger partial charge in [0, 0.05) is 19.0 Å². The van der Waals surface area contributed by atoms with Crippen LogP contribution in [0.15, 0.2) is 54.6 Å². The molecule has 2 heterocycles. The fourth-order valence-electron chi connectivity index (χ4n) is 6.29. The van der Waals surface area contributed by atoms with Crippen molar-refractivity contribution >= 4 is 35.4 Å². The van der Waals surface area contributed by atoms with Crippen molar-refractivity contribution in [1.29, 1.82) is 0 Å². The van der Waals surface area contributed by atoms with E-state index in [0.29, 0.717) is 5.56 Å². The molecule has 0 saturated heterocycles. The summed E-state index contributed by atoms with van der Waals surface area (Å²) in [5, 5.41) is 21.6. The number of hydrogen-bond donors (Lipinski definition) is 2. The Hall–Kier alpha value is -3.75. The summed E-state index contributed by atoms with van der Waals surface area (Å²) in [6.45, 7) is 8.58. The molecule has 0 saturated carbocycles. The number of aryl methyl sites for hydroxylation is 3. The molecule has 3 aromatic carbocycles. The molecule has 0 fully saturated rings. The highest BCUT2D eigenvalue weighted by atomic mass is 35.5. The van der Waals surface area contributed by atoms with E-state index in [4.69, 9.17) is 9.84 Å². The monoisotopic (exact) mass is 604 g/mol. The van der Waals surface area contributed by atoms with E-state index in [2.05, 4.69) is 52.9 Å². The predicted octanol–water partition coefficient (Wildman–Crippen LogP) is 6.25.